The predicted molar refractivity (Wildman–Crippen MR) is 172 cm³/mol. The largest absolute Gasteiger partial charge is 0.497 e. The van der Waals surface area contributed by atoms with Crippen LogP contribution in [0, 0.1) is 13.8 Å². The van der Waals surface area contributed by atoms with E-state index < -0.39 is 0 Å². The number of methoxy groups -OCH3 is 1. The maximum atomic E-state index is 6.10. The Morgan fingerprint density at radius 3 is 2.19 bits per heavy atom. The van der Waals surface area contributed by atoms with Gasteiger partial charge in [-0.1, -0.05) is 31.2 Å². The second kappa shape index (κ2) is 11.7. The minimum atomic E-state index is -0.121. The normalized spacial score (nSPS) is 16.4. The van der Waals surface area contributed by atoms with E-state index in [4.69, 9.17) is 26.7 Å². The Morgan fingerprint density at radius 2 is 1.52 bits per heavy atom. The van der Waals surface area contributed by atoms with Gasteiger partial charge in [0.25, 0.3) is 0 Å². The van der Waals surface area contributed by atoms with Crippen LogP contribution in [0.1, 0.15) is 47.2 Å². The highest BCUT2D eigenvalue weighted by Gasteiger charge is 2.42. The van der Waals surface area contributed by atoms with E-state index in [1.165, 1.54) is 28.2 Å². The van der Waals surface area contributed by atoms with Crippen molar-refractivity contribution in [3.05, 3.63) is 131 Å². The zero-order valence-corrected chi connectivity index (χ0v) is 25.1. The molecular formula is C35H34N4O2S. The van der Waals surface area contributed by atoms with Crippen molar-refractivity contribution in [1.82, 2.24) is 14.9 Å². The van der Waals surface area contributed by atoms with Crippen molar-refractivity contribution in [2.75, 3.05) is 12.0 Å². The zero-order valence-electron chi connectivity index (χ0n) is 24.2. The number of ether oxygens (including phenoxy) is 2. The molecule has 2 atom stereocenters. The van der Waals surface area contributed by atoms with Crippen molar-refractivity contribution in [2.45, 2.75) is 39.3 Å². The molecule has 1 saturated heterocycles. The lowest BCUT2D eigenvalue weighted by Crippen LogP contribution is -2.29. The molecule has 0 aliphatic carbocycles. The first-order valence-corrected chi connectivity index (χ1v) is 14.6. The molecule has 1 aliphatic heterocycles. The number of anilines is 1. The maximum Gasteiger partial charge on any atom is 0.174 e. The summed E-state index contributed by atoms with van der Waals surface area (Å²) in [7, 11) is 1.65. The number of rotatable bonds is 8. The molecule has 1 aliphatic rings. The van der Waals surface area contributed by atoms with E-state index >= 15 is 0 Å². The molecule has 0 spiro atoms. The van der Waals surface area contributed by atoms with Crippen LogP contribution in [0.2, 0.25) is 0 Å². The average Bonchev–Trinajstić information content (AvgIpc) is 3.52. The van der Waals surface area contributed by atoms with Crippen LogP contribution in [0.5, 0.6) is 17.2 Å². The molecule has 2 aromatic heterocycles. The maximum absolute atomic E-state index is 6.10. The van der Waals surface area contributed by atoms with Crippen LogP contribution < -0.4 is 19.7 Å². The number of hydrogen-bond donors (Lipinski definition) is 1. The van der Waals surface area contributed by atoms with Gasteiger partial charge in [0.2, 0.25) is 0 Å². The second-order valence-corrected chi connectivity index (χ2v) is 10.8. The molecule has 0 unspecified atom stereocenters. The summed E-state index contributed by atoms with van der Waals surface area (Å²) in [6.07, 6.45) is 2.80. The van der Waals surface area contributed by atoms with Crippen molar-refractivity contribution in [1.29, 1.82) is 0 Å². The molecule has 5 aromatic rings. The summed E-state index contributed by atoms with van der Waals surface area (Å²) in [6, 6.07) is 32.4. The molecule has 0 radical (unpaired) electrons. The van der Waals surface area contributed by atoms with E-state index in [-0.39, 0.29) is 12.1 Å². The summed E-state index contributed by atoms with van der Waals surface area (Å²) in [5, 5.41) is 4.26. The average molecular weight is 575 g/mol. The van der Waals surface area contributed by atoms with Crippen molar-refractivity contribution in [3.63, 3.8) is 0 Å². The monoisotopic (exact) mass is 574 g/mol. The van der Waals surface area contributed by atoms with Gasteiger partial charge in [-0.05, 0) is 116 Å². The highest BCUT2D eigenvalue weighted by Crippen LogP contribution is 2.44. The van der Waals surface area contributed by atoms with E-state index in [0.29, 0.717) is 5.11 Å². The Hall–Kier alpha value is -4.62. The first kappa shape index (κ1) is 27.5. The van der Waals surface area contributed by atoms with Gasteiger partial charge in [-0.3, -0.25) is 4.98 Å². The number of nitrogens with zero attached hydrogens (tertiary/aromatic N) is 3. The van der Waals surface area contributed by atoms with Gasteiger partial charge in [-0.2, -0.15) is 0 Å². The van der Waals surface area contributed by atoms with Gasteiger partial charge in [0.05, 0.1) is 24.9 Å². The Bertz CT molecular complexity index is 1700. The lowest BCUT2D eigenvalue weighted by molar-refractivity contribution is 0.413. The third-order valence-electron chi connectivity index (χ3n) is 7.91. The third-order valence-corrected chi connectivity index (χ3v) is 8.23. The Kier molecular flexibility index (Phi) is 7.68. The molecule has 3 heterocycles. The van der Waals surface area contributed by atoms with E-state index in [0.717, 1.165) is 35.1 Å². The highest BCUT2D eigenvalue weighted by atomic mass is 32.1. The molecule has 0 saturated carbocycles. The summed E-state index contributed by atoms with van der Waals surface area (Å²) in [5.74, 6) is 2.28. The Labute approximate surface area is 252 Å². The third kappa shape index (κ3) is 5.12. The lowest BCUT2D eigenvalue weighted by Gasteiger charge is -2.28. The van der Waals surface area contributed by atoms with Gasteiger partial charge >= 0.3 is 0 Å². The van der Waals surface area contributed by atoms with Gasteiger partial charge in [0.1, 0.15) is 17.2 Å². The molecule has 7 heteroatoms. The number of thiocarbonyl (C=S) groups is 1. The molecule has 1 fully saturated rings. The fourth-order valence-corrected chi connectivity index (χ4v) is 6.24. The lowest BCUT2D eigenvalue weighted by atomic mass is 9.96. The quantitative estimate of drug-likeness (QED) is 0.189. The van der Waals surface area contributed by atoms with E-state index in [1.54, 1.807) is 7.11 Å². The van der Waals surface area contributed by atoms with Gasteiger partial charge in [0.15, 0.2) is 5.11 Å². The molecule has 1 N–H and O–H groups in total. The Balaban J connectivity index is 1.40. The smallest absolute Gasteiger partial charge is 0.174 e. The molecule has 6 rings (SSSR count). The predicted octanol–water partition coefficient (Wildman–Crippen LogP) is 8.03. The summed E-state index contributed by atoms with van der Waals surface area (Å²) in [5.41, 5.74) is 8.05. The first-order valence-electron chi connectivity index (χ1n) is 14.2. The fraction of sp³-hybridized carbons (Fsp3) is 0.200. The zero-order chi connectivity index (χ0) is 29.2. The summed E-state index contributed by atoms with van der Waals surface area (Å²) < 4.78 is 13.7. The standard InChI is InChI=1S/C35H34N4O2S/c1-5-25-10-6-7-12-32(25)38-23(2)22-30(24(38)3)34-33(31-11-8-9-21-36-31)37-35(42)39(34)26-13-15-28(16-14-26)41-29-19-17-27(40-4)18-20-29/h6-22,33-34H,5H2,1-4H3,(H,37,42)/t33-,34-/m0/s1. The van der Waals surface area contributed by atoms with E-state index in [2.05, 4.69) is 84.1 Å². The number of para-hydroxylation sites is 1. The number of aromatic nitrogens is 2. The van der Waals surface area contributed by atoms with Crippen LogP contribution in [0.3, 0.4) is 0 Å². The first-order chi connectivity index (χ1) is 20.5. The molecule has 0 bridgehead atoms. The molecule has 6 nitrogen and oxygen atoms in total. The molecule has 0 amide bonds. The number of hydrogen-bond acceptors (Lipinski definition) is 4. The number of pyridine rings is 1. The van der Waals surface area contributed by atoms with E-state index in [9.17, 15) is 0 Å². The van der Waals surface area contributed by atoms with Crippen LogP contribution in [-0.4, -0.2) is 21.8 Å². The van der Waals surface area contributed by atoms with E-state index in [1.807, 2.05) is 54.7 Å². The minimum Gasteiger partial charge on any atom is -0.497 e. The van der Waals surface area contributed by atoms with Crippen LogP contribution in [0.15, 0.2) is 103 Å². The van der Waals surface area contributed by atoms with Gasteiger partial charge in [-0.25, -0.2) is 0 Å². The van der Waals surface area contributed by atoms with Crippen LogP contribution in [0.25, 0.3) is 5.69 Å². The van der Waals surface area contributed by atoms with Crippen molar-refractivity contribution in [2.24, 2.45) is 0 Å². The van der Waals surface area contributed by atoms with Crippen LogP contribution in [-0.2, 0) is 6.42 Å². The SMILES string of the molecule is CCc1ccccc1-n1c(C)cc([C@H]2[C@H](c3ccccn3)NC(=S)N2c2ccc(Oc3ccc(OC)cc3)cc2)c1C. The van der Waals surface area contributed by atoms with Gasteiger partial charge in [-0.15, -0.1) is 0 Å². The number of aryl methyl sites for hydroxylation is 2. The fourth-order valence-electron chi connectivity index (χ4n) is 5.89. The molecule has 212 valence electrons. The van der Waals surface area contributed by atoms with Crippen LogP contribution in [0.4, 0.5) is 5.69 Å². The van der Waals surface area contributed by atoms with Crippen LogP contribution >= 0.6 is 12.2 Å². The van der Waals surface area contributed by atoms with Crippen molar-refractivity contribution < 1.29 is 9.47 Å². The van der Waals surface area contributed by atoms with Gasteiger partial charge < -0.3 is 24.3 Å². The molecular weight excluding hydrogens is 540 g/mol. The summed E-state index contributed by atoms with van der Waals surface area (Å²) >= 11 is 5.99. The minimum absolute atomic E-state index is 0.102. The van der Waals surface area contributed by atoms with Crippen molar-refractivity contribution in [3.8, 4) is 22.9 Å². The highest BCUT2D eigenvalue weighted by molar-refractivity contribution is 7.80. The summed E-state index contributed by atoms with van der Waals surface area (Å²) in [4.78, 5) is 6.94. The molecule has 3 aromatic carbocycles. The summed E-state index contributed by atoms with van der Waals surface area (Å²) in [6.45, 7) is 6.58. The number of nitrogens with one attached hydrogen (secondary N) is 1. The second-order valence-electron chi connectivity index (χ2n) is 10.4. The van der Waals surface area contributed by atoms with Crippen molar-refractivity contribution >= 4 is 23.0 Å². The number of benzene rings is 3. The molecule has 42 heavy (non-hydrogen) atoms. The topological polar surface area (TPSA) is 51.6 Å². The Morgan fingerprint density at radius 1 is 0.857 bits per heavy atom. The van der Waals surface area contributed by atoms with Gasteiger partial charge in [0, 0.05) is 29.0 Å².